The molecule has 0 aliphatic rings. The van der Waals surface area contributed by atoms with Crippen LogP contribution in [0.4, 0.5) is 16.0 Å². The van der Waals surface area contributed by atoms with Crippen molar-refractivity contribution in [2.24, 2.45) is 5.73 Å². The van der Waals surface area contributed by atoms with Crippen molar-refractivity contribution in [3.8, 4) is 5.88 Å². The number of hydrogen-bond donors (Lipinski definition) is 1. The molecule has 6 heteroatoms. The highest BCUT2D eigenvalue weighted by molar-refractivity contribution is 5.57. The van der Waals surface area contributed by atoms with Crippen molar-refractivity contribution in [2.75, 3.05) is 25.1 Å². The van der Waals surface area contributed by atoms with Crippen molar-refractivity contribution in [3.05, 3.63) is 42.3 Å². The van der Waals surface area contributed by atoms with Crippen LogP contribution in [0, 0.1) is 5.82 Å². The molecular weight excluding hydrogens is 259 g/mol. The molecule has 1 heterocycles. The van der Waals surface area contributed by atoms with Gasteiger partial charge in [0.25, 0.3) is 0 Å². The first-order valence-corrected chi connectivity index (χ1v) is 6.35. The number of halogens is 1. The van der Waals surface area contributed by atoms with Gasteiger partial charge in [-0.2, -0.15) is 4.98 Å². The van der Waals surface area contributed by atoms with Crippen LogP contribution < -0.4 is 15.4 Å². The van der Waals surface area contributed by atoms with Crippen LogP contribution in [0.5, 0.6) is 5.88 Å². The fourth-order valence-corrected chi connectivity index (χ4v) is 1.79. The van der Waals surface area contributed by atoms with E-state index >= 15 is 0 Å². The molecule has 2 rings (SSSR count). The zero-order chi connectivity index (χ0) is 14.4. The molecule has 20 heavy (non-hydrogen) atoms. The predicted octanol–water partition coefficient (Wildman–Crippen LogP) is 2.11. The standard InChI is InChI=1S/C14H17FN4O/c1-20-13-7-9-17-14(18-13)19(10-2-8-16)12-5-3-11(15)4-6-12/h3-7,9H,2,8,10,16H2,1H3. The van der Waals surface area contributed by atoms with Crippen LogP contribution in [0.1, 0.15) is 6.42 Å². The number of rotatable bonds is 6. The molecule has 5 nitrogen and oxygen atoms in total. The van der Waals surface area contributed by atoms with E-state index in [0.29, 0.717) is 24.9 Å². The summed E-state index contributed by atoms with van der Waals surface area (Å²) in [5, 5.41) is 0. The van der Waals surface area contributed by atoms with Crippen molar-refractivity contribution >= 4 is 11.6 Å². The van der Waals surface area contributed by atoms with Crippen molar-refractivity contribution < 1.29 is 9.13 Å². The first-order valence-electron chi connectivity index (χ1n) is 6.35. The first kappa shape index (κ1) is 14.2. The minimum atomic E-state index is -0.279. The van der Waals surface area contributed by atoms with Crippen molar-refractivity contribution in [3.63, 3.8) is 0 Å². The molecule has 0 amide bonds. The Morgan fingerprint density at radius 1 is 1.25 bits per heavy atom. The molecule has 0 aliphatic carbocycles. The smallest absolute Gasteiger partial charge is 0.233 e. The lowest BCUT2D eigenvalue weighted by Crippen LogP contribution is -2.23. The second-order valence-electron chi connectivity index (χ2n) is 4.17. The third-order valence-electron chi connectivity index (χ3n) is 2.79. The molecule has 0 aliphatic heterocycles. The Bertz CT molecular complexity index is 547. The largest absolute Gasteiger partial charge is 0.481 e. The van der Waals surface area contributed by atoms with Gasteiger partial charge in [-0.3, -0.25) is 0 Å². The summed E-state index contributed by atoms with van der Waals surface area (Å²) in [6.45, 7) is 1.21. The van der Waals surface area contributed by atoms with Gasteiger partial charge >= 0.3 is 0 Å². The average molecular weight is 276 g/mol. The Labute approximate surface area is 117 Å². The van der Waals surface area contributed by atoms with Gasteiger partial charge in [0.2, 0.25) is 11.8 Å². The Balaban J connectivity index is 2.32. The molecule has 0 atom stereocenters. The van der Waals surface area contributed by atoms with Gasteiger partial charge in [-0.25, -0.2) is 9.37 Å². The molecule has 106 valence electrons. The molecule has 0 spiro atoms. The predicted molar refractivity (Wildman–Crippen MR) is 75.7 cm³/mol. The van der Waals surface area contributed by atoms with Gasteiger partial charge in [0.1, 0.15) is 5.82 Å². The number of anilines is 2. The van der Waals surface area contributed by atoms with Crippen LogP contribution >= 0.6 is 0 Å². The lowest BCUT2D eigenvalue weighted by Gasteiger charge is -2.22. The Kier molecular flexibility index (Phi) is 4.84. The Morgan fingerprint density at radius 3 is 2.65 bits per heavy atom. The molecular formula is C14H17FN4O. The van der Waals surface area contributed by atoms with Crippen LogP contribution in [0.2, 0.25) is 0 Å². The monoisotopic (exact) mass is 276 g/mol. The van der Waals surface area contributed by atoms with Crippen molar-refractivity contribution in [1.29, 1.82) is 0 Å². The maximum Gasteiger partial charge on any atom is 0.233 e. The molecule has 0 unspecified atom stereocenters. The van der Waals surface area contributed by atoms with Crippen LogP contribution in [-0.4, -0.2) is 30.2 Å². The van der Waals surface area contributed by atoms with E-state index in [2.05, 4.69) is 9.97 Å². The molecule has 0 saturated carbocycles. The highest BCUT2D eigenvalue weighted by Gasteiger charge is 2.12. The maximum atomic E-state index is 13.0. The summed E-state index contributed by atoms with van der Waals surface area (Å²) in [5.41, 5.74) is 6.37. The minimum Gasteiger partial charge on any atom is -0.481 e. The van der Waals surface area contributed by atoms with E-state index in [1.54, 1.807) is 31.5 Å². The average Bonchev–Trinajstić information content (AvgIpc) is 2.49. The Morgan fingerprint density at radius 2 is 2.00 bits per heavy atom. The zero-order valence-corrected chi connectivity index (χ0v) is 11.3. The molecule has 0 radical (unpaired) electrons. The summed E-state index contributed by atoms with van der Waals surface area (Å²) >= 11 is 0. The van der Waals surface area contributed by atoms with Gasteiger partial charge in [0.15, 0.2) is 0 Å². The summed E-state index contributed by atoms with van der Waals surface area (Å²) in [4.78, 5) is 10.4. The summed E-state index contributed by atoms with van der Waals surface area (Å²) < 4.78 is 18.1. The topological polar surface area (TPSA) is 64.3 Å². The third-order valence-corrected chi connectivity index (χ3v) is 2.79. The number of benzene rings is 1. The fourth-order valence-electron chi connectivity index (χ4n) is 1.79. The van der Waals surface area contributed by atoms with E-state index in [-0.39, 0.29) is 5.82 Å². The van der Waals surface area contributed by atoms with Gasteiger partial charge in [-0.05, 0) is 37.2 Å². The van der Waals surface area contributed by atoms with E-state index in [9.17, 15) is 4.39 Å². The molecule has 0 saturated heterocycles. The Hall–Kier alpha value is -2.21. The summed E-state index contributed by atoms with van der Waals surface area (Å²) in [6, 6.07) is 7.87. The molecule has 0 bridgehead atoms. The van der Waals surface area contributed by atoms with E-state index in [4.69, 9.17) is 10.5 Å². The number of methoxy groups -OCH3 is 1. The number of ether oxygens (including phenoxy) is 1. The summed E-state index contributed by atoms with van der Waals surface area (Å²) in [5.74, 6) is 0.707. The van der Waals surface area contributed by atoms with Crippen molar-refractivity contribution in [2.45, 2.75) is 6.42 Å². The van der Waals surface area contributed by atoms with E-state index in [1.165, 1.54) is 12.1 Å². The van der Waals surface area contributed by atoms with E-state index in [1.807, 2.05) is 4.90 Å². The highest BCUT2D eigenvalue weighted by atomic mass is 19.1. The lowest BCUT2D eigenvalue weighted by atomic mass is 10.2. The zero-order valence-electron chi connectivity index (χ0n) is 11.3. The van der Waals surface area contributed by atoms with Crippen LogP contribution in [0.3, 0.4) is 0 Å². The number of nitrogens with two attached hydrogens (primary N) is 1. The summed E-state index contributed by atoms with van der Waals surface area (Å²) in [6.07, 6.45) is 2.40. The van der Waals surface area contributed by atoms with Gasteiger partial charge in [-0.1, -0.05) is 0 Å². The number of hydrogen-bond acceptors (Lipinski definition) is 5. The highest BCUT2D eigenvalue weighted by Crippen LogP contribution is 2.23. The second-order valence-corrected chi connectivity index (χ2v) is 4.17. The number of nitrogens with zero attached hydrogens (tertiary/aromatic N) is 3. The third kappa shape index (κ3) is 3.42. The molecule has 1 aromatic carbocycles. The van der Waals surface area contributed by atoms with Crippen molar-refractivity contribution in [1.82, 2.24) is 9.97 Å². The van der Waals surface area contributed by atoms with E-state index in [0.717, 1.165) is 12.1 Å². The second kappa shape index (κ2) is 6.81. The molecule has 2 N–H and O–H groups in total. The van der Waals surface area contributed by atoms with Crippen LogP contribution in [0.25, 0.3) is 0 Å². The quantitative estimate of drug-likeness (QED) is 0.875. The molecule has 1 aromatic heterocycles. The van der Waals surface area contributed by atoms with Gasteiger partial charge in [0.05, 0.1) is 7.11 Å². The SMILES string of the molecule is COc1ccnc(N(CCCN)c2ccc(F)cc2)n1. The van der Waals surface area contributed by atoms with Crippen LogP contribution in [0.15, 0.2) is 36.5 Å². The van der Waals surface area contributed by atoms with Gasteiger partial charge in [-0.15, -0.1) is 0 Å². The normalized spacial score (nSPS) is 10.3. The molecule has 0 fully saturated rings. The fraction of sp³-hybridized carbons (Fsp3) is 0.286. The summed E-state index contributed by atoms with van der Waals surface area (Å²) in [7, 11) is 1.55. The van der Waals surface area contributed by atoms with Gasteiger partial charge < -0.3 is 15.4 Å². The minimum absolute atomic E-state index is 0.279. The van der Waals surface area contributed by atoms with Crippen LogP contribution in [-0.2, 0) is 0 Å². The van der Waals surface area contributed by atoms with Gasteiger partial charge in [0, 0.05) is 24.5 Å². The molecule has 2 aromatic rings. The van der Waals surface area contributed by atoms with E-state index < -0.39 is 0 Å². The first-order chi connectivity index (χ1) is 9.74. The maximum absolute atomic E-state index is 13.0. The number of aromatic nitrogens is 2. The lowest BCUT2D eigenvalue weighted by molar-refractivity contribution is 0.397.